The second kappa shape index (κ2) is 5.11. The second-order valence-electron chi connectivity index (χ2n) is 5.36. The van der Waals surface area contributed by atoms with Gasteiger partial charge in [-0.25, -0.2) is 4.99 Å². The number of nitrogens with zero attached hydrogens (tertiary/aromatic N) is 2. The molecule has 0 fully saturated rings. The summed E-state index contributed by atoms with van der Waals surface area (Å²) in [5.74, 6) is 0.933. The number of H-pyrrole nitrogens is 1. The van der Waals surface area contributed by atoms with E-state index in [1.54, 1.807) is 23.9 Å². The van der Waals surface area contributed by atoms with Crippen molar-refractivity contribution in [3.63, 3.8) is 0 Å². The lowest BCUT2D eigenvalue weighted by Gasteiger charge is -2.21. The van der Waals surface area contributed by atoms with Crippen molar-refractivity contribution in [2.24, 2.45) is 4.99 Å². The van der Waals surface area contributed by atoms with E-state index < -0.39 is 0 Å². The number of aromatic hydroxyl groups is 1. The minimum atomic E-state index is -0.0967. The minimum Gasteiger partial charge on any atom is -0.508 e. The van der Waals surface area contributed by atoms with Crippen molar-refractivity contribution in [1.82, 2.24) is 9.78 Å². The summed E-state index contributed by atoms with van der Waals surface area (Å²) in [5.41, 5.74) is 1.57. The van der Waals surface area contributed by atoms with Gasteiger partial charge in [0, 0.05) is 6.04 Å². The predicted octanol–water partition coefficient (Wildman–Crippen LogP) is 3.35. The number of hydrogen-bond acceptors (Lipinski definition) is 4. The SMILES string of the molecule is CC1=Nc2c(c(=O)[nH]n2C(C)C)[C@H](c2ccc(O)cc2)S1. The van der Waals surface area contributed by atoms with Crippen molar-refractivity contribution in [2.75, 3.05) is 0 Å². The van der Waals surface area contributed by atoms with Crippen molar-refractivity contribution in [2.45, 2.75) is 32.1 Å². The molecule has 0 saturated carbocycles. The van der Waals surface area contributed by atoms with Crippen molar-refractivity contribution >= 4 is 22.6 Å². The summed E-state index contributed by atoms with van der Waals surface area (Å²) in [6.45, 7) is 5.97. The van der Waals surface area contributed by atoms with E-state index in [1.165, 1.54) is 0 Å². The maximum Gasteiger partial charge on any atom is 0.271 e. The van der Waals surface area contributed by atoms with Gasteiger partial charge in [0.05, 0.1) is 15.9 Å². The first-order valence-corrected chi connectivity index (χ1v) is 7.70. The molecule has 110 valence electrons. The third kappa shape index (κ3) is 2.40. The lowest BCUT2D eigenvalue weighted by molar-refractivity contribution is 0.475. The Morgan fingerprint density at radius 2 is 2.00 bits per heavy atom. The molecular formula is C15H17N3O2S. The monoisotopic (exact) mass is 303 g/mol. The quantitative estimate of drug-likeness (QED) is 0.893. The molecule has 1 aliphatic heterocycles. The van der Waals surface area contributed by atoms with Crippen LogP contribution in [0, 0.1) is 0 Å². The van der Waals surface area contributed by atoms with Crippen LogP contribution in [0.4, 0.5) is 5.82 Å². The molecule has 0 saturated heterocycles. The van der Waals surface area contributed by atoms with Crippen LogP contribution in [0.5, 0.6) is 5.75 Å². The first-order chi connectivity index (χ1) is 9.97. The van der Waals surface area contributed by atoms with Crippen molar-refractivity contribution in [1.29, 1.82) is 0 Å². The largest absolute Gasteiger partial charge is 0.508 e. The molecule has 0 unspecified atom stereocenters. The normalized spacial score (nSPS) is 17.7. The number of aromatic amines is 1. The van der Waals surface area contributed by atoms with Gasteiger partial charge in [0.2, 0.25) is 0 Å². The molecule has 1 aromatic carbocycles. The number of rotatable bonds is 2. The summed E-state index contributed by atoms with van der Waals surface area (Å²) in [6, 6.07) is 7.12. The topological polar surface area (TPSA) is 70.4 Å². The molecule has 2 aromatic rings. The predicted molar refractivity (Wildman–Crippen MR) is 85.7 cm³/mol. The van der Waals surface area contributed by atoms with Gasteiger partial charge in [-0.1, -0.05) is 23.9 Å². The minimum absolute atomic E-state index is 0.0955. The summed E-state index contributed by atoms with van der Waals surface area (Å²) in [6.07, 6.45) is 0. The number of fused-ring (bicyclic) bond motifs is 1. The van der Waals surface area contributed by atoms with Crippen LogP contribution in [0.3, 0.4) is 0 Å². The lowest BCUT2D eigenvalue weighted by Crippen LogP contribution is -2.13. The Morgan fingerprint density at radius 3 is 2.62 bits per heavy atom. The molecule has 5 nitrogen and oxygen atoms in total. The summed E-state index contributed by atoms with van der Waals surface area (Å²) in [5, 5.41) is 13.1. The zero-order chi connectivity index (χ0) is 15.1. The first-order valence-electron chi connectivity index (χ1n) is 6.82. The van der Waals surface area contributed by atoms with Gasteiger partial charge in [0.25, 0.3) is 5.56 Å². The number of nitrogens with one attached hydrogen (secondary N) is 1. The highest BCUT2D eigenvalue weighted by atomic mass is 32.2. The van der Waals surface area contributed by atoms with Gasteiger partial charge in [-0.2, -0.15) is 0 Å². The van der Waals surface area contributed by atoms with Gasteiger partial charge in [0.1, 0.15) is 5.75 Å². The van der Waals surface area contributed by atoms with Crippen molar-refractivity contribution < 1.29 is 5.11 Å². The van der Waals surface area contributed by atoms with Crippen LogP contribution in [-0.4, -0.2) is 19.9 Å². The molecule has 0 amide bonds. The summed E-state index contributed by atoms with van der Waals surface area (Å²) in [7, 11) is 0. The number of phenolic OH excluding ortho intramolecular Hbond substituents is 1. The van der Waals surface area contributed by atoms with E-state index in [0.29, 0.717) is 11.4 Å². The number of hydrogen-bond donors (Lipinski definition) is 2. The van der Waals surface area contributed by atoms with Gasteiger partial charge in [0.15, 0.2) is 5.82 Å². The molecule has 0 spiro atoms. The molecule has 0 bridgehead atoms. The fraction of sp³-hybridized carbons (Fsp3) is 0.333. The van der Waals surface area contributed by atoms with E-state index in [-0.39, 0.29) is 22.6 Å². The Hall–Kier alpha value is -1.95. The average molecular weight is 303 g/mol. The Morgan fingerprint density at radius 1 is 1.33 bits per heavy atom. The van der Waals surface area contributed by atoms with E-state index in [0.717, 1.165) is 10.6 Å². The summed E-state index contributed by atoms with van der Waals surface area (Å²) < 4.78 is 1.81. The highest BCUT2D eigenvalue weighted by Gasteiger charge is 2.30. The van der Waals surface area contributed by atoms with Crippen molar-refractivity contribution in [3.8, 4) is 5.75 Å². The number of phenols is 1. The molecule has 0 radical (unpaired) electrons. The number of thioether (sulfide) groups is 1. The third-order valence-corrected chi connectivity index (χ3v) is 4.64. The molecule has 2 heterocycles. The van der Waals surface area contributed by atoms with Gasteiger partial charge in [-0.3, -0.25) is 14.6 Å². The fourth-order valence-corrected chi connectivity index (χ4v) is 3.57. The molecule has 1 aromatic heterocycles. The second-order valence-corrected chi connectivity index (χ2v) is 6.66. The average Bonchev–Trinajstić information content (AvgIpc) is 2.76. The zero-order valence-electron chi connectivity index (χ0n) is 12.1. The number of benzene rings is 1. The van der Waals surface area contributed by atoms with Gasteiger partial charge >= 0.3 is 0 Å². The van der Waals surface area contributed by atoms with Crippen LogP contribution in [-0.2, 0) is 0 Å². The van der Waals surface area contributed by atoms with Crippen LogP contribution in [0.2, 0.25) is 0 Å². The highest BCUT2D eigenvalue weighted by Crippen LogP contribution is 2.44. The van der Waals surface area contributed by atoms with Crippen LogP contribution in [0.1, 0.15) is 43.2 Å². The summed E-state index contributed by atoms with van der Waals surface area (Å²) in [4.78, 5) is 16.9. The van der Waals surface area contributed by atoms with E-state index in [1.807, 2.05) is 37.6 Å². The maximum atomic E-state index is 12.3. The van der Waals surface area contributed by atoms with E-state index in [4.69, 9.17) is 0 Å². The Kier molecular flexibility index (Phi) is 3.41. The van der Waals surface area contributed by atoms with E-state index in [9.17, 15) is 9.90 Å². The molecule has 6 heteroatoms. The number of aromatic nitrogens is 2. The number of aliphatic imine (C=N–C) groups is 1. The molecule has 2 N–H and O–H groups in total. The zero-order valence-corrected chi connectivity index (χ0v) is 12.9. The van der Waals surface area contributed by atoms with E-state index in [2.05, 4.69) is 10.1 Å². The lowest BCUT2D eigenvalue weighted by atomic mass is 10.1. The molecule has 0 aliphatic carbocycles. The Bertz CT molecular complexity index is 756. The molecule has 3 rings (SSSR count). The van der Waals surface area contributed by atoms with Crippen LogP contribution < -0.4 is 5.56 Å². The Labute approximate surface area is 126 Å². The maximum absolute atomic E-state index is 12.3. The van der Waals surface area contributed by atoms with Gasteiger partial charge < -0.3 is 5.11 Å². The smallest absolute Gasteiger partial charge is 0.271 e. The van der Waals surface area contributed by atoms with Gasteiger partial charge in [-0.05, 0) is 38.5 Å². The molecule has 21 heavy (non-hydrogen) atoms. The molecule has 1 atom stereocenters. The molecular weight excluding hydrogens is 286 g/mol. The van der Waals surface area contributed by atoms with Gasteiger partial charge in [-0.15, -0.1) is 0 Å². The highest BCUT2D eigenvalue weighted by molar-refractivity contribution is 8.14. The third-order valence-electron chi connectivity index (χ3n) is 3.46. The van der Waals surface area contributed by atoms with E-state index >= 15 is 0 Å². The van der Waals surface area contributed by atoms with Crippen molar-refractivity contribution in [3.05, 3.63) is 45.7 Å². The summed E-state index contributed by atoms with van der Waals surface area (Å²) >= 11 is 1.56. The fourth-order valence-electron chi connectivity index (χ4n) is 2.47. The first kappa shape index (κ1) is 14.0. The van der Waals surface area contributed by atoms with Crippen LogP contribution in [0.15, 0.2) is 34.1 Å². The Balaban J connectivity index is 2.18. The van der Waals surface area contributed by atoms with Crippen LogP contribution >= 0.6 is 11.8 Å². The molecule has 1 aliphatic rings. The standard InChI is InChI=1S/C15H17N3O2S/c1-8(2)18-14-12(15(20)17-18)13(21-9(3)16-14)10-4-6-11(19)7-5-10/h4-8,13,19H,1-3H3,(H,17,20)/t13-/m0/s1. The van der Waals surface area contributed by atoms with Crippen LogP contribution in [0.25, 0.3) is 0 Å².